The van der Waals surface area contributed by atoms with Crippen molar-refractivity contribution in [3.05, 3.63) is 59.5 Å². The third kappa shape index (κ3) is 5.82. The van der Waals surface area contributed by atoms with Crippen molar-refractivity contribution < 1.29 is 22.7 Å². The average molecular weight is 355 g/mol. The lowest BCUT2D eigenvalue weighted by Crippen LogP contribution is -2.39. The molecular formula is C17H20F3N3O2. The molecule has 136 valence electrons. The molecule has 1 unspecified atom stereocenters. The van der Waals surface area contributed by atoms with Crippen LogP contribution >= 0.6 is 0 Å². The Hall–Kier alpha value is -2.48. The smallest absolute Gasteiger partial charge is 0.416 e. The highest BCUT2D eigenvalue weighted by Gasteiger charge is 2.30. The second kappa shape index (κ2) is 8.57. The summed E-state index contributed by atoms with van der Waals surface area (Å²) in [5, 5.41) is 15.9. The van der Waals surface area contributed by atoms with E-state index in [4.69, 9.17) is 4.42 Å². The number of furan rings is 1. The Morgan fingerprint density at radius 1 is 1.24 bits per heavy atom. The quantitative estimate of drug-likeness (QED) is 0.550. The maximum Gasteiger partial charge on any atom is 0.416 e. The molecule has 0 spiro atoms. The molecule has 0 radical (unpaired) electrons. The van der Waals surface area contributed by atoms with Crippen molar-refractivity contribution in [2.75, 3.05) is 13.1 Å². The van der Waals surface area contributed by atoms with E-state index >= 15 is 0 Å². The van der Waals surface area contributed by atoms with Gasteiger partial charge in [-0.25, -0.2) is 4.99 Å². The van der Waals surface area contributed by atoms with Crippen LogP contribution in [0.25, 0.3) is 0 Å². The summed E-state index contributed by atoms with van der Waals surface area (Å²) in [5.74, 6) is 0.812. The zero-order chi connectivity index (χ0) is 18.3. The highest BCUT2D eigenvalue weighted by atomic mass is 19.4. The molecule has 2 rings (SSSR count). The number of hydrogen-bond donors (Lipinski definition) is 3. The summed E-state index contributed by atoms with van der Waals surface area (Å²) < 4.78 is 43.3. The predicted molar refractivity (Wildman–Crippen MR) is 87.9 cm³/mol. The van der Waals surface area contributed by atoms with E-state index in [2.05, 4.69) is 15.6 Å². The Bertz CT molecular complexity index is 685. The van der Waals surface area contributed by atoms with Crippen LogP contribution in [0.5, 0.6) is 0 Å². The minimum Gasteiger partial charge on any atom is -0.467 e. The Labute approximate surface area is 143 Å². The topological polar surface area (TPSA) is 69.8 Å². The molecule has 0 aliphatic carbocycles. The molecule has 0 fully saturated rings. The van der Waals surface area contributed by atoms with E-state index in [1.54, 1.807) is 18.2 Å². The molecular weight excluding hydrogens is 335 g/mol. The maximum atomic E-state index is 12.7. The molecule has 2 aromatic rings. The zero-order valence-electron chi connectivity index (χ0n) is 13.7. The first-order valence-electron chi connectivity index (χ1n) is 7.80. The third-order valence-corrected chi connectivity index (χ3v) is 3.35. The molecule has 1 heterocycles. The standard InChI is InChI=1S/C17H20F3N3O2/c1-2-21-16(23-11-14(24)15-7-4-8-25-15)22-10-12-5-3-6-13(9-12)17(18,19)20/h3-9,14,24H,2,10-11H2,1H3,(H2,21,22,23). The second-order valence-electron chi connectivity index (χ2n) is 5.31. The van der Waals surface area contributed by atoms with Gasteiger partial charge in [-0.1, -0.05) is 12.1 Å². The lowest BCUT2D eigenvalue weighted by molar-refractivity contribution is -0.137. The maximum absolute atomic E-state index is 12.7. The van der Waals surface area contributed by atoms with Gasteiger partial charge in [0.15, 0.2) is 5.96 Å². The average Bonchev–Trinajstić information content (AvgIpc) is 3.11. The van der Waals surface area contributed by atoms with Gasteiger partial charge in [-0.3, -0.25) is 0 Å². The Kier molecular flexibility index (Phi) is 6.46. The lowest BCUT2D eigenvalue weighted by Gasteiger charge is -2.14. The minimum atomic E-state index is -4.38. The fraction of sp³-hybridized carbons (Fsp3) is 0.353. The summed E-state index contributed by atoms with van der Waals surface area (Å²) in [7, 11) is 0. The number of guanidine groups is 1. The van der Waals surface area contributed by atoms with E-state index in [1.807, 2.05) is 6.92 Å². The lowest BCUT2D eigenvalue weighted by atomic mass is 10.1. The normalized spacial score (nSPS) is 13.6. The Morgan fingerprint density at radius 2 is 2.04 bits per heavy atom. The van der Waals surface area contributed by atoms with Crippen molar-refractivity contribution in [3.63, 3.8) is 0 Å². The first-order valence-corrected chi connectivity index (χ1v) is 7.80. The van der Waals surface area contributed by atoms with Crippen LogP contribution in [-0.2, 0) is 12.7 Å². The van der Waals surface area contributed by atoms with E-state index < -0.39 is 17.8 Å². The van der Waals surface area contributed by atoms with Crippen LogP contribution in [0.4, 0.5) is 13.2 Å². The van der Waals surface area contributed by atoms with Crippen molar-refractivity contribution in [2.45, 2.75) is 25.7 Å². The van der Waals surface area contributed by atoms with Crippen LogP contribution in [0.15, 0.2) is 52.1 Å². The highest BCUT2D eigenvalue weighted by molar-refractivity contribution is 5.79. The third-order valence-electron chi connectivity index (χ3n) is 3.35. The van der Waals surface area contributed by atoms with Gasteiger partial charge in [0.25, 0.3) is 0 Å². The molecule has 25 heavy (non-hydrogen) atoms. The first kappa shape index (κ1) is 18.9. The molecule has 0 saturated heterocycles. The van der Waals surface area contributed by atoms with Gasteiger partial charge in [-0.05, 0) is 36.8 Å². The van der Waals surface area contributed by atoms with Crippen LogP contribution in [0.2, 0.25) is 0 Å². The summed E-state index contributed by atoms with van der Waals surface area (Å²) in [6.07, 6.45) is -3.77. The van der Waals surface area contributed by atoms with Gasteiger partial charge in [0, 0.05) is 6.54 Å². The van der Waals surface area contributed by atoms with Crippen molar-refractivity contribution in [3.8, 4) is 0 Å². The van der Waals surface area contributed by atoms with Gasteiger partial charge in [0.05, 0.1) is 24.9 Å². The van der Waals surface area contributed by atoms with E-state index in [1.165, 1.54) is 12.3 Å². The fourth-order valence-electron chi connectivity index (χ4n) is 2.13. The Balaban J connectivity index is 1.99. The van der Waals surface area contributed by atoms with Gasteiger partial charge in [-0.15, -0.1) is 0 Å². The van der Waals surface area contributed by atoms with Gasteiger partial charge in [0.2, 0.25) is 0 Å². The van der Waals surface area contributed by atoms with Crippen LogP contribution < -0.4 is 10.6 Å². The summed E-state index contributed by atoms with van der Waals surface area (Å²) in [6.45, 7) is 2.67. The van der Waals surface area contributed by atoms with Crippen LogP contribution in [0.3, 0.4) is 0 Å². The number of aliphatic hydroxyl groups excluding tert-OH is 1. The fourth-order valence-corrected chi connectivity index (χ4v) is 2.13. The summed E-state index contributed by atoms with van der Waals surface area (Å²) in [4.78, 5) is 4.25. The number of nitrogens with zero attached hydrogens (tertiary/aromatic N) is 1. The molecule has 0 bridgehead atoms. The number of benzene rings is 1. The molecule has 5 nitrogen and oxygen atoms in total. The molecule has 8 heteroatoms. The molecule has 0 saturated carbocycles. The molecule has 1 aromatic carbocycles. The van der Waals surface area contributed by atoms with Crippen molar-refractivity contribution >= 4 is 5.96 Å². The highest BCUT2D eigenvalue weighted by Crippen LogP contribution is 2.29. The van der Waals surface area contributed by atoms with E-state index in [9.17, 15) is 18.3 Å². The molecule has 0 aliphatic heterocycles. The minimum absolute atomic E-state index is 0.0795. The number of halogens is 3. The van der Waals surface area contributed by atoms with Gasteiger partial charge in [0.1, 0.15) is 11.9 Å². The number of nitrogens with one attached hydrogen (secondary N) is 2. The Morgan fingerprint density at radius 3 is 2.68 bits per heavy atom. The van der Waals surface area contributed by atoms with Crippen molar-refractivity contribution in [1.29, 1.82) is 0 Å². The van der Waals surface area contributed by atoms with Gasteiger partial charge in [-0.2, -0.15) is 13.2 Å². The van der Waals surface area contributed by atoms with Gasteiger partial charge >= 0.3 is 6.18 Å². The van der Waals surface area contributed by atoms with Crippen LogP contribution in [0, 0.1) is 0 Å². The molecule has 0 aliphatic rings. The van der Waals surface area contributed by atoms with E-state index in [0.717, 1.165) is 12.1 Å². The molecule has 1 atom stereocenters. The van der Waals surface area contributed by atoms with Gasteiger partial charge < -0.3 is 20.2 Å². The predicted octanol–water partition coefficient (Wildman–Crippen LogP) is 3.09. The number of rotatable bonds is 6. The summed E-state index contributed by atoms with van der Waals surface area (Å²) >= 11 is 0. The summed E-state index contributed by atoms with van der Waals surface area (Å²) in [6, 6.07) is 8.36. The number of hydrogen-bond acceptors (Lipinski definition) is 3. The monoisotopic (exact) mass is 355 g/mol. The van der Waals surface area contributed by atoms with Crippen LogP contribution in [-0.4, -0.2) is 24.2 Å². The molecule has 1 aromatic heterocycles. The van der Waals surface area contributed by atoms with Crippen molar-refractivity contribution in [2.24, 2.45) is 4.99 Å². The summed E-state index contributed by atoms with van der Waals surface area (Å²) in [5.41, 5.74) is -0.259. The largest absolute Gasteiger partial charge is 0.467 e. The second-order valence-corrected chi connectivity index (χ2v) is 5.31. The number of alkyl halides is 3. The molecule has 3 N–H and O–H groups in total. The number of aliphatic hydroxyl groups is 1. The number of aliphatic imine (C=N–C) groups is 1. The van der Waals surface area contributed by atoms with Crippen molar-refractivity contribution in [1.82, 2.24) is 10.6 Å². The van der Waals surface area contributed by atoms with Crippen LogP contribution in [0.1, 0.15) is 29.9 Å². The van der Waals surface area contributed by atoms with E-state index in [0.29, 0.717) is 23.8 Å². The van der Waals surface area contributed by atoms with E-state index in [-0.39, 0.29) is 13.1 Å². The first-order chi connectivity index (χ1) is 11.9. The SMILES string of the molecule is CCNC(=NCc1cccc(C(F)(F)F)c1)NCC(O)c1ccco1. The molecule has 0 amide bonds. The zero-order valence-corrected chi connectivity index (χ0v) is 13.7.